The number of hydrogen-bond acceptors (Lipinski definition) is 3. The molecule has 0 aromatic carbocycles. The van der Waals surface area contributed by atoms with Crippen LogP contribution in [0.1, 0.15) is 24.3 Å². The quantitative estimate of drug-likeness (QED) is 0.753. The number of nitrogens with zero attached hydrogens (tertiary/aromatic N) is 2. The minimum Gasteiger partial charge on any atom is -0.372 e. The van der Waals surface area contributed by atoms with E-state index in [1.807, 2.05) is 13.8 Å². The van der Waals surface area contributed by atoms with Gasteiger partial charge in [0.15, 0.2) is 0 Å². The normalized spacial score (nSPS) is 9.93. The molecule has 0 aliphatic rings. The van der Waals surface area contributed by atoms with E-state index in [0.717, 1.165) is 0 Å². The zero-order chi connectivity index (χ0) is 10.6. The smallest absolute Gasteiger partial charge is 0.271 e. The first-order chi connectivity index (χ1) is 6.72. The molecular formula is C9H16N4O. The minimum absolute atomic E-state index is 0.0102. The fourth-order valence-corrected chi connectivity index (χ4v) is 1.24. The second-order valence-electron chi connectivity index (χ2n) is 2.89. The molecule has 0 saturated carbocycles. The Labute approximate surface area is 83.5 Å². The van der Waals surface area contributed by atoms with Crippen LogP contribution in [-0.2, 0) is 0 Å². The number of hydrogen-bond donors (Lipinski definition) is 2. The molecule has 14 heavy (non-hydrogen) atoms. The topological polar surface area (TPSA) is 61.0 Å². The number of anilines is 1. The van der Waals surface area contributed by atoms with Crippen molar-refractivity contribution >= 4 is 11.7 Å². The van der Waals surface area contributed by atoms with Crippen molar-refractivity contribution in [1.82, 2.24) is 15.1 Å². The van der Waals surface area contributed by atoms with Crippen LogP contribution in [0.15, 0.2) is 6.07 Å². The van der Waals surface area contributed by atoms with Gasteiger partial charge >= 0.3 is 0 Å². The second kappa shape index (κ2) is 4.64. The molecule has 78 valence electrons. The van der Waals surface area contributed by atoms with Crippen molar-refractivity contribution in [2.75, 3.05) is 25.5 Å². The maximum Gasteiger partial charge on any atom is 0.271 e. The summed E-state index contributed by atoms with van der Waals surface area (Å²) in [7, 11) is 1.77. The van der Waals surface area contributed by atoms with Gasteiger partial charge in [-0.25, -0.2) is 0 Å². The first kappa shape index (κ1) is 10.6. The van der Waals surface area contributed by atoms with Gasteiger partial charge in [-0.3, -0.25) is 9.89 Å². The van der Waals surface area contributed by atoms with E-state index in [4.69, 9.17) is 0 Å². The number of aromatic amines is 1. The molecule has 2 N–H and O–H groups in total. The van der Waals surface area contributed by atoms with Gasteiger partial charge in [0.05, 0.1) is 0 Å². The molecule has 1 amide bonds. The summed E-state index contributed by atoms with van der Waals surface area (Å²) < 4.78 is 0. The molecule has 1 aromatic rings. The molecule has 0 unspecified atom stereocenters. The predicted molar refractivity (Wildman–Crippen MR) is 55.4 cm³/mol. The van der Waals surface area contributed by atoms with Crippen molar-refractivity contribution in [2.24, 2.45) is 0 Å². The van der Waals surface area contributed by atoms with Crippen molar-refractivity contribution in [3.05, 3.63) is 11.8 Å². The molecule has 0 aliphatic heterocycles. The van der Waals surface area contributed by atoms with Crippen LogP contribution >= 0.6 is 0 Å². The molecule has 1 aromatic heterocycles. The van der Waals surface area contributed by atoms with E-state index in [2.05, 4.69) is 15.5 Å². The molecule has 0 bridgehead atoms. The number of H-pyrrole nitrogens is 1. The van der Waals surface area contributed by atoms with E-state index in [0.29, 0.717) is 24.6 Å². The van der Waals surface area contributed by atoms with Gasteiger partial charge in [-0.05, 0) is 13.8 Å². The molecule has 0 spiro atoms. The van der Waals surface area contributed by atoms with Crippen molar-refractivity contribution in [3.63, 3.8) is 0 Å². The fourth-order valence-electron chi connectivity index (χ4n) is 1.24. The van der Waals surface area contributed by atoms with E-state index >= 15 is 0 Å². The highest BCUT2D eigenvalue weighted by Gasteiger charge is 2.14. The van der Waals surface area contributed by atoms with Crippen LogP contribution in [0.2, 0.25) is 0 Å². The molecule has 0 atom stereocenters. The summed E-state index contributed by atoms with van der Waals surface area (Å²) in [4.78, 5) is 13.5. The van der Waals surface area contributed by atoms with Crippen LogP contribution in [-0.4, -0.2) is 41.1 Å². The molecular weight excluding hydrogens is 180 g/mol. The Balaban J connectivity index is 2.77. The van der Waals surface area contributed by atoms with Crippen LogP contribution in [0.4, 0.5) is 5.82 Å². The molecule has 0 fully saturated rings. The molecule has 1 rings (SSSR count). The third-order valence-electron chi connectivity index (χ3n) is 2.12. The van der Waals surface area contributed by atoms with E-state index < -0.39 is 0 Å². The van der Waals surface area contributed by atoms with Crippen LogP contribution in [0.25, 0.3) is 0 Å². The van der Waals surface area contributed by atoms with Gasteiger partial charge in [0.2, 0.25) is 0 Å². The SMILES string of the molecule is CCN(CC)C(=O)c1cc(NC)n[nH]1. The summed E-state index contributed by atoms with van der Waals surface area (Å²) in [5.74, 6) is 0.671. The first-order valence-electron chi connectivity index (χ1n) is 4.75. The van der Waals surface area contributed by atoms with E-state index in [9.17, 15) is 4.79 Å². The highest BCUT2D eigenvalue weighted by atomic mass is 16.2. The standard InChI is InChI=1S/C9H16N4O/c1-4-13(5-2)9(14)7-6-8(10-3)12-11-7/h6H,4-5H2,1-3H3,(H2,10,11,12). The average Bonchev–Trinajstić information content (AvgIpc) is 2.67. The maximum absolute atomic E-state index is 11.8. The lowest BCUT2D eigenvalue weighted by Crippen LogP contribution is -2.30. The largest absolute Gasteiger partial charge is 0.372 e. The van der Waals surface area contributed by atoms with E-state index in [1.54, 1.807) is 18.0 Å². The molecule has 0 aliphatic carbocycles. The van der Waals surface area contributed by atoms with Gasteiger partial charge in [-0.15, -0.1) is 0 Å². The molecule has 0 radical (unpaired) electrons. The van der Waals surface area contributed by atoms with E-state index in [-0.39, 0.29) is 5.91 Å². The van der Waals surface area contributed by atoms with Gasteiger partial charge < -0.3 is 10.2 Å². The minimum atomic E-state index is -0.0102. The monoisotopic (exact) mass is 196 g/mol. The Morgan fingerprint density at radius 3 is 2.64 bits per heavy atom. The first-order valence-corrected chi connectivity index (χ1v) is 4.75. The van der Waals surface area contributed by atoms with Crippen molar-refractivity contribution in [3.8, 4) is 0 Å². The van der Waals surface area contributed by atoms with Crippen LogP contribution in [0.5, 0.6) is 0 Å². The third-order valence-corrected chi connectivity index (χ3v) is 2.12. The highest BCUT2D eigenvalue weighted by Crippen LogP contribution is 2.07. The lowest BCUT2D eigenvalue weighted by atomic mass is 10.3. The Hall–Kier alpha value is -1.52. The van der Waals surface area contributed by atoms with E-state index in [1.165, 1.54) is 0 Å². The van der Waals surface area contributed by atoms with Gasteiger partial charge in [-0.2, -0.15) is 5.10 Å². The number of rotatable bonds is 4. The Morgan fingerprint density at radius 1 is 1.57 bits per heavy atom. The molecule has 1 heterocycles. The lowest BCUT2D eigenvalue weighted by Gasteiger charge is -2.16. The van der Waals surface area contributed by atoms with Gasteiger partial charge in [0.1, 0.15) is 11.5 Å². The molecule has 0 saturated heterocycles. The lowest BCUT2D eigenvalue weighted by molar-refractivity contribution is 0.0767. The second-order valence-corrected chi connectivity index (χ2v) is 2.89. The van der Waals surface area contributed by atoms with Gasteiger partial charge in [0.25, 0.3) is 5.91 Å². The number of carbonyl (C=O) groups excluding carboxylic acids is 1. The number of aromatic nitrogens is 2. The zero-order valence-electron chi connectivity index (χ0n) is 8.79. The van der Waals surface area contributed by atoms with Crippen molar-refractivity contribution < 1.29 is 4.79 Å². The summed E-state index contributed by atoms with van der Waals surface area (Å²) in [6.07, 6.45) is 0. The van der Waals surface area contributed by atoms with Gasteiger partial charge in [0, 0.05) is 26.2 Å². The number of carbonyl (C=O) groups is 1. The Bertz CT molecular complexity index is 304. The number of amides is 1. The highest BCUT2D eigenvalue weighted by molar-refractivity contribution is 5.93. The summed E-state index contributed by atoms with van der Waals surface area (Å²) in [6.45, 7) is 5.33. The Morgan fingerprint density at radius 2 is 2.21 bits per heavy atom. The average molecular weight is 196 g/mol. The summed E-state index contributed by atoms with van der Waals surface area (Å²) in [5, 5.41) is 9.49. The van der Waals surface area contributed by atoms with Crippen molar-refractivity contribution in [2.45, 2.75) is 13.8 Å². The third kappa shape index (κ3) is 2.04. The van der Waals surface area contributed by atoms with Crippen LogP contribution in [0.3, 0.4) is 0 Å². The van der Waals surface area contributed by atoms with Gasteiger partial charge in [-0.1, -0.05) is 0 Å². The number of nitrogens with one attached hydrogen (secondary N) is 2. The maximum atomic E-state index is 11.8. The van der Waals surface area contributed by atoms with Crippen LogP contribution < -0.4 is 5.32 Å². The summed E-state index contributed by atoms with van der Waals surface area (Å²) >= 11 is 0. The molecule has 5 nitrogen and oxygen atoms in total. The van der Waals surface area contributed by atoms with Crippen molar-refractivity contribution in [1.29, 1.82) is 0 Å². The summed E-state index contributed by atoms with van der Waals surface area (Å²) in [5.41, 5.74) is 0.526. The Kier molecular flexibility index (Phi) is 3.50. The fraction of sp³-hybridized carbons (Fsp3) is 0.556. The predicted octanol–water partition coefficient (Wildman–Crippen LogP) is 0.933. The zero-order valence-corrected chi connectivity index (χ0v) is 8.79. The van der Waals surface area contributed by atoms with Crippen LogP contribution in [0, 0.1) is 0 Å². The summed E-state index contributed by atoms with van der Waals surface area (Å²) in [6, 6.07) is 1.71. The molecule has 5 heteroatoms.